The van der Waals surface area contributed by atoms with Crippen LogP contribution < -0.4 is 5.73 Å². The first kappa shape index (κ1) is 17.1. The fraction of sp³-hybridized carbons (Fsp3) is 0.0417. The van der Waals surface area contributed by atoms with Gasteiger partial charge in [-0.2, -0.15) is 0 Å². The summed E-state index contributed by atoms with van der Waals surface area (Å²) in [6.45, 7) is 1.98. The van der Waals surface area contributed by atoms with E-state index < -0.39 is 0 Å². The summed E-state index contributed by atoms with van der Waals surface area (Å²) in [4.78, 5) is 14.1. The second-order valence-electron chi connectivity index (χ2n) is 6.93. The van der Waals surface area contributed by atoms with Gasteiger partial charge in [0.25, 0.3) is 0 Å². The number of pyridine rings is 1. The van der Waals surface area contributed by atoms with Crippen LogP contribution in [0.2, 0.25) is 0 Å². The lowest BCUT2D eigenvalue weighted by Crippen LogP contribution is -2.04. The highest BCUT2D eigenvalue weighted by molar-refractivity contribution is 5.91. The molecule has 0 fully saturated rings. The van der Waals surface area contributed by atoms with Crippen molar-refractivity contribution in [2.45, 2.75) is 6.92 Å². The third-order valence-electron chi connectivity index (χ3n) is 4.94. The molecule has 5 rings (SSSR count). The number of imidazole rings is 1. The molecule has 0 saturated heterocycles. The number of nitrogens with zero attached hydrogens (tertiary/aromatic N) is 4. The van der Waals surface area contributed by atoms with E-state index in [0.717, 1.165) is 45.0 Å². The SMILES string of the molecule is Cc1cc(-c2c(-c3ccccc3)nc(N)n3cc(-c4ccccc4)nc23)ccn1. The first-order valence-corrected chi connectivity index (χ1v) is 9.43. The van der Waals surface area contributed by atoms with Crippen LogP contribution in [0.4, 0.5) is 5.95 Å². The minimum absolute atomic E-state index is 0.406. The molecule has 0 saturated carbocycles. The lowest BCUT2D eigenvalue weighted by molar-refractivity contribution is 1.11. The zero-order valence-corrected chi connectivity index (χ0v) is 15.9. The topological polar surface area (TPSA) is 69.1 Å². The van der Waals surface area contributed by atoms with Crippen molar-refractivity contribution in [1.29, 1.82) is 0 Å². The Labute approximate surface area is 168 Å². The van der Waals surface area contributed by atoms with E-state index in [4.69, 9.17) is 15.7 Å². The van der Waals surface area contributed by atoms with E-state index in [9.17, 15) is 0 Å². The van der Waals surface area contributed by atoms with Gasteiger partial charge < -0.3 is 5.73 Å². The van der Waals surface area contributed by atoms with Gasteiger partial charge in [-0.05, 0) is 24.6 Å². The van der Waals surface area contributed by atoms with E-state index in [1.165, 1.54) is 0 Å². The monoisotopic (exact) mass is 377 g/mol. The van der Waals surface area contributed by atoms with E-state index in [1.807, 2.05) is 90.4 Å². The zero-order valence-electron chi connectivity index (χ0n) is 15.9. The third-order valence-corrected chi connectivity index (χ3v) is 4.94. The summed E-state index contributed by atoms with van der Waals surface area (Å²) in [7, 11) is 0. The number of fused-ring (bicyclic) bond motifs is 1. The van der Waals surface area contributed by atoms with Crippen LogP contribution in [0, 0.1) is 6.92 Å². The Morgan fingerprint density at radius 2 is 1.48 bits per heavy atom. The van der Waals surface area contributed by atoms with Gasteiger partial charge >= 0.3 is 0 Å². The van der Waals surface area contributed by atoms with Gasteiger partial charge in [0.05, 0.1) is 17.0 Å². The minimum atomic E-state index is 0.406. The Morgan fingerprint density at radius 3 is 2.17 bits per heavy atom. The fourth-order valence-corrected chi connectivity index (χ4v) is 3.58. The molecule has 3 heterocycles. The summed E-state index contributed by atoms with van der Waals surface area (Å²) in [6, 6.07) is 24.2. The Kier molecular flexibility index (Phi) is 4.06. The normalized spacial score (nSPS) is 11.1. The molecule has 0 radical (unpaired) electrons. The van der Waals surface area contributed by atoms with Crippen LogP contribution in [-0.2, 0) is 0 Å². The standard InChI is InChI=1S/C24H19N5/c1-16-14-19(12-13-26-16)21-22(18-10-6-3-7-11-18)28-24(25)29-15-20(27-23(21)29)17-8-4-2-5-9-17/h2-15H,1H3,(H2,25,28). The van der Waals surface area contributed by atoms with E-state index in [0.29, 0.717) is 5.95 Å². The summed E-state index contributed by atoms with van der Waals surface area (Å²) in [6.07, 6.45) is 3.76. The highest BCUT2D eigenvalue weighted by Gasteiger charge is 2.19. The van der Waals surface area contributed by atoms with Crippen molar-refractivity contribution < 1.29 is 0 Å². The number of hydrogen-bond acceptors (Lipinski definition) is 4. The maximum absolute atomic E-state index is 6.36. The minimum Gasteiger partial charge on any atom is -0.369 e. The van der Waals surface area contributed by atoms with Gasteiger partial charge in [-0.1, -0.05) is 60.7 Å². The van der Waals surface area contributed by atoms with Gasteiger partial charge in [0.1, 0.15) is 5.65 Å². The number of nitrogens with two attached hydrogens (primary N) is 1. The van der Waals surface area contributed by atoms with E-state index >= 15 is 0 Å². The van der Waals surface area contributed by atoms with Crippen LogP contribution in [0.15, 0.2) is 85.2 Å². The average Bonchev–Trinajstić information content (AvgIpc) is 3.21. The van der Waals surface area contributed by atoms with Gasteiger partial charge in [-0.25, -0.2) is 9.97 Å². The molecule has 0 aliphatic rings. The smallest absolute Gasteiger partial charge is 0.206 e. The number of nitrogen functional groups attached to an aromatic ring is 1. The highest BCUT2D eigenvalue weighted by Crippen LogP contribution is 2.36. The van der Waals surface area contributed by atoms with Crippen LogP contribution in [0.5, 0.6) is 0 Å². The molecule has 0 amide bonds. The molecule has 0 unspecified atom stereocenters. The van der Waals surface area contributed by atoms with Gasteiger partial charge in [0.15, 0.2) is 0 Å². The molecule has 2 N–H and O–H groups in total. The van der Waals surface area contributed by atoms with Crippen molar-refractivity contribution in [3.05, 3.63) is 90.9 Å². The molecule has 2 aromatic carbocycles. The van der Waals surface area contributed by atoms with Crippen molar-refractivity contribution in [2.75, 3.05) is 5.73 Å². The van der Waals surface area contributed by atoms with Gasteiger partial charge in [0.2, 0.25) is 5.95 Å². The summed E-state index contributed by atoms with van der Waals surface area (Å²) in [5, 5.41) is 0. The van der Waals surface area contributed by atoms with Crippen LogP contribution in [-0.4, -0.2) is 19.4 Å². The van der Waals surface area contributed by atoms with Crippen LogP contribution in [0.3, 0.4) is 0 Å². The van der Waals surface area contributed by atoms with Crippen LogP contribution >= 0.6 is 0 Å². The maximum Gasteiger partial charge on any atom is 0.206 e. The Balaban J connectivity index is 1.86. The second-order valence-corrected chi connectivity index (χ2v) is 6.93. The molecule has 0 aliphatic heterocycles. The molecule has 0 atom stereocenters. The van der Waals surface area contributed by atoms with Crippen molar-refractivity contribution in [1.82, 2.24) is 19.4 Å². The van der Waals surface area contributed by atoms with Crippen LogP contribution in [0.1, 0.15) is 5.69 Å². The van der Waals surface area contributed by atoms with Crippen molar-refractivity contribution in [3.63, 3.8) is 0 Å². The van der Waals surface area contributed by atoms with E-state index in [1.54, 1.807) is 0 Å². The molecule has 29 heavy (non-hydrogen) atoms. The maximum atomic E-state index is 6.36. The number of benzene rings is 2. The third kappa shape index (κ3) is 3.02. The number of aromatic nitrogens is 4. The molecule has 0 spiro atoms. The molecule has 0 aliphatic carbocycles. The summed E-state index contributed by atoms with van der Waals surface area (Å²) in [5.41, 5.74) is 13.7. The Bertz CT molecular complexity index is 1310. The lowest BCUT2D eigenvalue weighted by Gasteiger charge is -2.13. The Morgan fingerprint density at radius 1 is 0.793 bits per heavy atom. The number of hydrogen-bond donors (Lipinski definition) is 1. The van der Waals surface area contributed by atoms with E-state index in [-0.39, 0.29) is 0 Å². The first-order chi connectivity index (χ1) is 14.2. The molecule has 140 valence electrons. The van der Waals surface area contributed by atoms with Gasteiger partial charge in [-0.15, -0.1) is 0 Å². The molecule has 5 aromatic rings. The van der Waals surface area contributed by atoms with Crippen molar-refractivity contribution in [2.24, 2.45) is 0 Å². The largest absolute Gasteiger partial charge is 0.369 e. The van der Waals surface area contributed by atoms with E-state index in [2.05, 4.69) is 11.1 Å². The molecule has 5 heteroatoms. The first-order valence-electron chi connectivity index (χ1n) is 9.43. The predicted molar refractivity (Wildman–Crippen MR) is 116 cm³/mol. The van der Waals surface area contributed by atoms with Gasteiger partial charge in [0, 0.05) is 29.2 Å². The Hall–Kier alpha value is -3.99. The number of anilines is 1. The predicted octanol–water partition coefficient (Wildman–Crippen LogP) is 5.02. The fourth-order valence-electron chi connectivity index (χ4n) is 3.58. The number of aryl methyl sites for hydroxylation is 1. The molecular weight excluding hydrogens is 358 g/mol. The summed E-state index contributed by atoms with van der Waals surface area (Å²) < 4.78 is 1.86. The summed E-state index contributed by atoms with van der Waals surface area (Å²) in [5.74, 6) is 0.406. The quantitative estimate of drug-likeness (QED) is 0.479. The molecular formula is C24H19N5. The molecule has 5 nitrogen and oxygen atoms in total. The average molecular weight is 377 g/mol. The van der Waals surface area contributed by atoms with Crippen molar-refractivity contribution in [3.8, 4) is 33.6 Å². The number of rotatable bonds is 3. The second kappa shape index (κ2) is 6.87. The van der Waals surface area contributed by atoms with Crippen LogP contribution in [0.25, 0.3) is 39.3 Å². The lowest BCUT2D eigenvalue weighted by atomic mass is 10.0. The molecule has 0 bridgehead atoms. The summed E-state index contributed by atoms with van der Waals surface area (Å²) >= 11 is 0. The van der Waals surface area contributed by atoms with Crippen molar-refractivity contribution >= 4 is 11.6 Å². The molecule has 3 aromatic heterocycles. The van der Waals surface area contributed by atoms with Gasteiger partial charge in [-0.3, -0.25) is 9.38 Å². The highest BCUT2D eigenvalue weighted by atomic mass is 15.1. The zero-order chi connectivity index (χ0) is 19.8.